The lowest BCUT2D eigenvalue weighted by Crippen LogP contribution is -2.46. The van der Waals surface area contributed by atoms with E-state index in [2.05, 4.69) is 21.2 Å². The summed E-state index contributed by atoms with van der Waals surface area (Å²) in [5.74, 6) is 0.0669. The fourth-order valence-electron chi connectivity index (χ4n) is 1.85. The van der Waals surface area contributed by atoms with Crippen molar-refractivity contribution < 1.29 is 9.59 Å². The maximum Gasteiger partial charge on any atom is 0.236 e. The largest absolute Gasteiger partial charge is 0.359 e. The Hall–Kier alpha value is -0.580. The molecule has 0 saturated carbocycles. The van der Waals surface area contributed by atoms with Crippen molar-refractivity contribution >= 4 is 27.7 Å². The van der Waals surface area contributed by atoms with E-state index in [0.717, 1.165) is 19.4 Å². The van der Waals surface area contributed by atoms with E-state index in [4.69, 9.17) is 0 Å². The Morgan fingerprint density at radius 1 is 1.53 bits per heavy atom. The van der Waals surface area contributed by atoms with Crippen LogP contribution in [0, 0.1) is 5.92 Å². The molecule has 5 heteroatoms. The smallest absolute Gasteiger partial charge is 0.236 e. The summed E-state index contributed by atoms with van der Waals surface area (Å²) in [5, 5.41) is 2.63. The van der Waals surface area contributed by atoms with Crippen LogP contribution in [-0.4, -0.2) is 41.7 Å². The molecule has 1 aliphatic heterocycles. The highest BCUT2D eigenvalue weighted by Crippen LogP contribution is 2.18. The summed E-state index contributed by atoms with van der Waals surface area (Å²) >= 11 is 3.26. The lowest BCUT2D eigenvalue weighted by atomic mass is 9.97. The number of hydrogen-bond donors (Lipinski definition) is 1. The van der Waals surface area contributed by atoms with E-state index in [1.165, 1.54) is 0 Å². The molecular weight excluding hydrogens is 260 g/mol. The van der Waals surface area contributed by atoms with Gasteiger partial charge < -0.3 is 10.2 Å². The van der Waals surface area contributed by atoms with Gasteiger partial charge in [0.05, 0.1) is 10.7 Å². The fraction of sp³-hybridized carbons (Fsp3) is 0.800. The summed E-state index contributed by atoms with van der Waals surface area (Å²) in [5.41, 5.74) is 0. The van der Waals surface area contributed by atoms with Crippen molar-refractivity contribution in [1.29, 1.82) is 0 Å². The van der Waals surface area contributed by atoms with E-state index in [-0.39, 0.29) is 22.6 Å². The number of likely N-dealkylation sites (tertiary alicyclic amines) is 1. The molecule has 1 heterocycles. The zero-order valence-corrected chi connectivity index (χ0v) is 10.7. The van der Waals surface area contributed by atoms with E-state index < -0.39 is 0 Å². The first kappa shape index (κ1) is 12.5. The SMILES string of the molecule is CNC(=O)[C@H]1CCCN(C(=O)[C@@H](C)Br)C1. The van der Waals surface area contributed by atoms with Crippen LogP contribution in [0.2, 0.25) is 0 Å². The third kappa shape index (κ3) is 3.19. The van der Waals surface area contributed by atoms with Gasteiger partial charge in [-0.25, -0.2) is 0 Å². The zero-order valence-electron chi connectivity index (χ0n) is 9.12. The standard InChI is InChI=1S/C10H17BrN2O2/c1-7(11)10(15)13-5-3-4-8(6-13)9(14)12-2/h7-8H,3-6H2,1-2H3,(H,12,14)/t7-,8+/m1/s1. The molecular formula is C10H17BrN2O2. The first-order chi connectivity index (χ1) is 7.06. The molecule has 15 heavy (non-hydrogen) atoms. The monoisotopic (exact) mass is 276 g/mol. The number of carbonyl (C=O) groups is 2. The first-order valence-corrected chi connectivity index (χ1v) is 6.12. The van der Waals surface area contributed by atoms with Gasteiger partial charge in [-0.15, -0.1) is 0 Å². The van der Waals surface area contributed by atoms with Gasteiger partial charge in [0.1, 0.15) is 0 Å². The predicted octanol–water partition coefficient (Wildman–Crippen LogP) is 0.754. The quantitative estimate of drug-likeness (QED) is 0.757. The molecule has 0 spiro atoms. The van der Waals surface area contributed by atoms with Crippen LogP contribution in [0.4, 0.5) is 0 Å². The van der Waals surface area contributed by atoms with E-state index in [1.54, 1.807) is 11.9 Å². The molecule has 2 atom stereocenters. The number of halogens is 1. The summed E-state index contributed by atoms with van der Waals surface area (Å²) in [6.45, 7) is 3.13. The van der Waals surface area contributed by atoms with Gasteiger partial charge in [-0.3, -0.25) is 9.59 Å². The lowest BCUT2D eigenvalue weighted by molar-refractivity contribution is -0.134. The van der Waals surface area contributed by atoms with Gasteiger partial charge >= 0.3 is 0 Å². The van der Waals surface area contributed by atoms with Crippen molar-refractivity contribution in [3.8, 4) is 0 Å². The van der Waals surface area contributed by atoms with Crippen LogP contribution in [0.3, 0.4) is 0 Å². The predicted molar refractivity (Wildman–Crippen MR) is 61.8 cm³/mol. The van der Waals surface area contributed by atoms with Gasteiger partial charge in [-0.2, -0.15) is 0 Å². The zero-order chi connectivity index (χ0) is 11.4. The molecule has 1 aliphatic rings. The number of carbonyl (C=O) groups excluding carboxylic acids is 2. The van der Waals surface area contributed by atoms with Gasteiger partial charge in [-0.05, 0) is 19.8 Å². The van der Waals surface area contributed by atoms with Crippen LogP contribution in [0.5, 0.6) is 0 Å². The maximum absolute atomic E-state index is 11.7. The van der Waals surface area contributed by atoms with E-state index in [0.29, 0.717) is 6.54 Å². The Kier molecular flexibility index (Phi) is 4.57. The fourth-order valence-corrected chi connectivity index (χ4v) is 2.14. The third-order valence-electron chi connectivity index (χ3n) is 2.69. The molecule has 0 radical (unpaired) electrons. The minimum absolute atomic E-state index is 0.0368. The third-order valence-corrected chi connectivity index (χ3v) is 3.08. The van der Waals surface area contributed by atoms with Gasteiger partial charge in [0.25, 0.3) is 0 Å². The molecule has 1 fully saturated rings. The van der Waals surface area contributed by atoms with E-state index >= 15 is 0 Å². The minimum Gasteiger partial charge on any atom is -0.359 e. The molecule has 0 aliphatic carbocycles. The summed E-state index contributed by atoms with van der Waals surface area (Å²) in [6.07, 6.45) is 1.78. The average Bonchev–Trinajstić information content (AvgIpc) is 2.27. The second-order valence-electron chi connectivity index (χ2n) is 3.85. The summed E-state index contributed by atoms with van der Waals surface area (Å²) in [4.78, 5) is 24.7. The second kappa shape index (κ2) is 5.49. The average molecular weight is 277 g/mol. The molecule has 1 rings (SSSR count). The molecule has 4 nitrogen and oxygen atoms in total. The molecule has 1 N–H and O–H groups in total. The second-order valence-corrected chi connectivity index (χ2v) is 5.23. The minimum atomic E-state index is -0.166. The summed E-state index contributed by atoms with van der Waals surface area (Å²) in [7, 11) is 1.64. The number of rotatable bonds is 2. The van der Waals surface area contributed by atoms with Crippen molar-refractivity contribution in [2.75, 3.05) is 20.1 Å². The number of nitrogens with one attached hydrogen (secondary N) is 1. The van der Waals surface area contributed by atoms with Crippen LogP contribution < -0.4 is 5.32 Å². The van der Waals surface area contributed by atoms with Crippen LogP contribution in [0.1, 0.15) is 19.8 Å². The Balaban J connectivity index is 2.56. The molecule has 0 bridgehead atoms. The van der Waals surface area contributed by atoms with Crippen molar-refractivity contribution in [2.24, 2.45) is 5.92 Å². The lowest BCUT2D eigenvalue weighted by Gasteiger charge is -2.32. The maximum atomic E-state index is 11.7. The summed E-state index contributed by atoms with van der Waals surface area (Å²) in [6, 6.07) is 0. The van der Waals surface area contributed by atoms with Crippen molar-refractivity contribution in [2.45, 2.75) is 24.6 Å². The molecule has 2 amide bonds. The number of nitrogens with zero attached hydrogens (tertiary/aromatic N) is 1. The topological polar surface area (TPSA) is 49.4 Å². The summed E-state index contributed by atoms with van der Waals surface area (Å²) < 4.78 is 0. The Morgan fingerprint density at radius 3 is 2.73 bits per heavy atom. The molecule has 0 aromatic carbocycles. The van der Waals surface area contributed by atoms with Gasteiger partial charge in [0.15, 0.2) is 0 Å². The number of piperidine rings is 1. The highest BCUT2D eigenvalue weighted by molar-refractivity contribution is 9.10. The first-order valence-electron chi connectivity index (χ1n) is 5.20. The van der Waals surface area contributed by atoms with Crippen molar-refractivity contribution in [3.63, 3.8) is 0 Å². The van der Waals surface area contributed by atoms with Crippen molar-refractivity contribution in [1.82, 2.24) is 10.2 Å². The van der Waals surface area contributed by atoms with E-state index in [1.807, 2.05) is 6.92 Å². The molecule has 0 aromatic heterocycles. The Morgan fingerprint density at radius 2 is 2.20 bits per heavy atom. The molecule has 0 aromatic rings. The van der Waals surface area contributed by atoms with Gasteiger partial charge in [-0.1, -0.05) is 15.9 Å². The molecule has 0 unspecified atom stereocenters. The van der Waals surface area contributed by atoms with E-state index in [9.17, 15) is 9.59 Å². The Labute approximate surface area is 98.5 Å². The van der Waals surface area contributed by atoms with Gasteiger partial charge in [0.2, 0.25) is 11.8 Å². The highest BCUT2D eigenvalue weighted by atomic mass is 79.9. The van der Waals surface area contributed by atoms with Gasteiger partial charge in [0, 0.05) is 20.1 Å². The van der Waals surface area contributed by atoms with Crippen LogP contribution in [0.15, 0.2) is 0 Å². The van der Waals surface area contributed by atoms with Crippen LogP contribution >= 0.6 is 15.9 Å². The highest BCUT2D eigenvalue weighted by Gasteiger charge is 2.28. The normalized spacial score (nSPS) is 23.4. The molecule has 86 valence electrons. The van der Waals surface area contributed by atoms with Crippen LogP contribution in [0.25, 0.3) is 0 Å². The van der Waals surface area contributed by atoms with Crippen molar-refractivity contribution in [3.05, 3.63) is 0 Å². The molecule has 1 saturated heterocycles. The number of amides is 2. The number of alkyl halides is 1. The number of hydrogen-bond acceptors (Lipinski definition) is 2. The Bertz CT molecular complexity index is 256. The van der Waals surface area contributed by atoms with Crippen LogP contribution in [-0.2, 0) is 9.59 Å².